The van der Waals surface area contributed by atoms with E-state index in [2.05, 4.69) is 0 Å². The van der Waals surface area contributed by atoms with E-state index in [1.54, 1.807) is 4.90 Å². The summed E-state index contributed by atoms with van der Waals surface area (Å²) in [6.07, 6.45) is 0.305. The van der Waals surface area contributed by atoms with Crippen LogP contribution in [0.2, 0.25) is 0 Å². The Hall–Kier alpha value is -2.62. The first-order valence-electron chi connectivity index (χ1n) is 8.42. The van der Waals surface area contributed by atoms with Gasteiger partial charge in [0.05, 0.1) is 12.5 Å². The molecule has 2 aromatic rings. The Balaban J connectivity index is 1.99. The van der Waals surface area contributed by atoms with Gasteiger partial charge in [-0.2, -0.15) is 0 Å². The van der Waals surface area contributed by atoms with Gasteiger partial charge in [-0.25, -0.2) is 0 Å². The Morgan fingerprint density at radius 2 is 1.62 bits per heavy atom. The molecule has 1 aliphatic heterocycles. The highest BCUT2D eigenvalue weighted by Crippen LogP contribution is 2.39. The third-order valence-electron chi connectivity index (χ3n) is 4.60. The number of benzene rings is 2. The maximum absolute atomic E-state index is 12.9. The lowest BCUT2D eigenvalue weighted by atomic mass is 10.0. The van der Waals surface area contributed by atoms with Gasteiger partial charge in [-0.3, -0.25) is 9.59 Å². The molecule has 0 aromatic heterocycles. The van der Waals surface area contributed by atoms with E-state index in [0.717, 1.165) is 11.3 Å². The van der Waals surface area contributed by atoms with Crippen LogP contribution in [0, 0.1) is 0 Å². The smallest absolute Gasteiger partial charge is 0.259 e. The summed E-state index contributed by atoms with van der Waals surface area (Å²) in [7, 11) is 0. The number of carbonyl (C=O) groups is 2. The number of anilines is 1. The van der Waals surface area contributed by atoms with Gasteiger partial charge in [0.2, 0.25) is 5.91 Å². The van der Waals surface area contributed by atoms with Crippen LogP contribution < -0.4 is 4.90 Å². The predicted molar refractivity (Wildman–Crippen MR) is 95.0 cm³/mol. The summed E-state index contributed by atoms with van der Waals surface area (Å²) in [4.78, 5) is 29.1. The normalized spacial score (nSPS) is 16.2. The first-order valence-corrected chi connectivity index (χ1v) is 8.42. The first-order chi connectivity index (χ1) is 11.7. The third kappa shape index (κ3) is 2.80. The maximum Gasteiger partial charge on any atom is 0.259 e. The molecule has 0 aliphatic carbocycles. The van der Waals surface area contributed by atoms with Crippen LogP contribution in [0.15, 0.2) is 54.6 Å². The number of carbonyl (C=O) groups excluding carboxylic acids is 2. The lowest BCUT2D eigenvalue weighted by Crippen LogP contribution is -2.35. The summed E-state index contributed by atoms with van der Waals surface area (Å²) in [5, 5.41) is 0. The molecule has 0 saturated carbocycles. The molecule has 0 fully saturated rings. The fraction of sp³-hybridized carbons (Fsp3) is 0.300. The van der Waals surface area contributed by atoms with Crippen LogP contribution in [-0.2, 0) is 4.79 Å². The summed E-state index contributed by atoms with van der Waals surface area (Å²) in [6, 6.07) is 16.9. The van der Waals surface area contributed by atoms with Crippen LogP contribution in [0.5, 0.6) is 0 Å². The van der Waals surface area contributed by atoms with E-state index in [1.165, 1.54) is 0 Å². The molecule has 1 unspecified atom stereocenters. The van der Waals surface area contributed by atoms with E-state index in [-0.39, 0.29) is 17.9 Å². The van der Waals surface area contributed by atoms with Gasteiger partial charge in [0.25, 0.3) is 5.91 Å². The van der Waals surface area contributed by atoms with E-state index in [1.807, 2.05) is 73.3 Å². The lowest BCUT2D eigenvalue weighted by molar-refractivity contribution is -0.131. The van der Waals surface area contributed by atoms with Gasteiger partial charge in [-0.05, 0) is 37.6 Å². The molecule has 24 heavy (non-hydrogen) atoms. The Labute approximate surface area is 142 Å². The monoisotopic (exact) mass is 322 g/mol. The molecule has 1 aliphatic rings. The molecule has 0 spiro atoms. The van der Waals surface area contributed by atoms with Gasteiger partial charge in [0.15, 0.2) is 0 Å². The standard InChI is InChI=1S/C20H22N2O2/c1-3-21(4-2)19(23)14-18-16-12-8-9-13-17(16)20(24)22(18)15-10-6-5-7-11-15/h5-13,18H,3-4,14H2,1-2H3. The van der Waals surface area contributed by atoms with Crippen molar-refractivity contribution in [1.82, 2.24) is 4.90 Å². The van der Waals surface area contributed by atoms with Crippen LogP contribution in [0.4, 0.5) is 5.69 Å². The quantitative estimate of drug-likeness (QED) is 0.843. The van der Waals surface area contributed by atoms with Crippen molar-refractivity contribution in [3.05, 3.63) is 65.7 Å². The predicted octanol–water partition coefficient (Wildman–Crippen LogP) is 3.65. The minimum absolute atomic E-state index is 0.0332. The van der Waals surface area contributed by atoms with Crippen molar-refractivity contribution >= 4 is 17.5 Å². The average molecular weight is 322 g/mol. The number of nitrogens with zero attached hydrogens (tertiary/aromatic N) is 2. The molecule has 0 N–H and O–H groups in total. The number of rotatable bonds is 5. The fourth-order valence-corrected chi connectivity index (χ4v) is 3.35. The molecule has 1 atom stereocenters. The molecule has 2 aromatic carbocycles. The SMILES string of the molecule is CCN(CC)C(=O)CC1c2ccccc2C(=O)N1c1ccccc1. The van der Waals surface area contributed by atoms with Gasteiger partial charge in [-0.1, -0.05) is 36.4 Å². The second-order valence-corrected chi connectivity index (χ2v) is 5.88. The number of hydrogen-bond donors (Lipinski definition) is 0. The van der Waals surface area contributed by atoms with Crippen molar-refractivity contribution in [3.63, 3.8) is 0 Å². The zero-order chi connectivity index (χ0) is 17.1. The molecule has 4 heteroatoms. The molecule has 2 amide bonds. The van der Waals surface area contributed by atoms with E-state index >= 15 is 0 Å². The Morgan fingerprint density at radius 3 is 2.29 bits per heavy atom. The van der Waals surface area contributed by atoms with Gasteiger partial charge < -0.3 is 9.80 Å². The second-order valence-electron chi connectivity index (χ2n) is 5.88. The van der Waals surface area contributed by atoms with Crippen molar-refractivity contribution in [3.8, 4) is 0 Å². The molecule has 3 rings (SSSR count). The van der Waals surface area contributed by atoms with Crippen molar-refractivity contribution in [2.45, 2.75) is 26.3 Å². The molecule has 0 saturated heterocycles. The van der Waals surface area contributed by atoms with Gasteiger partial charge in [0, 0.05) is 24.3 Å². The highest BCUT2D eigenvalue weighted by atomic mass is 16.2. The Kier molecular flexibility index (Phi) is 4.65. The highest BCUT2D eigenvalue weighted by Gasteiger charge is 2.38. The Bertz CT molecular complexity index is 738. The van der Waals surface area contributed by atoms with Crippen molar-refractivity contribution in [1.29, 1.82) is 0 Å². The summed E-state index contributed by atoms with van der Waals surface area (Å²) in [6.45, 7) is 5.32. The molecular formula is C20H22N2O2. The van der Waals surface area contributed by atoms with E-state index in [0.29, 0.717) is 25.1 Å². The van der Waals surface area contributed by atoms with E-state index in [4.69, 9.17) is 0 Å². The number of hydrogen-bond acceptors (Lipinski definition) is 2. The van der Waals surface area contributed by atoms with Crippen LogP contribution in [-0.4, -0.2) is 29.8 Å². The van der Waals surface area contributed by atoms with Crippen LogP contribution in [0.1, 0.15) is 42.2 Å². The van der Waals surface area contributed by atoms with Gasteiger partial charge >= 0.3 is 0 Å². The summed E-state index contributed by atoms with van der Waals surface area (Å²) in [5.74, 6) is 0.0459. The molecular weight excluding hydrogens is 300 g/mol. The third-order valence-corrected chi connectivity index (χ3v) is 4.60. The van der Waals surface area contributed by atoms with Crippen LogP contribution in [0.3, 0.4) is 0 Å². The number of para-hydroxylation sites is 1. The minimum Gasteiger partial charge on any atom is -0.343 e. The number of fused-ring (bicyclic) bond motifs is 1. The molecule has 0 bridgehead atoms. The zero-order valence-electron chi connectivity index (χ0n) is 14.1. The number of amides is 2. The highest BCUT2D eigenvalue weighted by molar-refractivity contribution is 6.11. The van der Waals surface area contributed by atoms with Crippen molar-refractivity contribution < 1.29 is 9.59 Å². The molecule has 1 heterocycles. The lowest BCUT2D eigenvalue weighted by Gasteiger charge is -2.27. The second kappa shape index (κ2) is 6.87. The Morgan fingerprint density at radius 1 is 1.00 bits per heavy atom. The van der Waals surface area contributed by atoms with Crippen LogP contribution >= 0.6 is 0 Å². The minimum atomic E-state index is -0.246. The van der Waals surface area contributed by atoms with E-state index < -0.39 is 0 Å². The summed E-state index contributed by atoms with van der Waals surface area (Å²) < 4.78 is 0. The molecule has 0 radical (unpaired) electrons. The average Bonchev–Trinajstić information content (AvgIpc) is 2.89. The zero-order valence-corrected chi connectivity index (χ0v) is 14.1. The van der Waals surface area contributed by atoms with E-state index in [9.17, 15) is 9.59 Å². The summed E-state index contributed by atoms with van der Waals surface area (Å²) >= 11 is 0. The molecule has 124 valence electrons. The topological polar surface area (TPSA) is 40.6 Å². The fourth-order valence-electron chi connectivity index (χ4n) is 3.35. The molecule has 4 nitrogen and oxygen atoms in total. The largest absolute Gasteiger partial charge is 0.343 e. The summed E-state index contributed by atoms with van der Waals surface area (Å²) in [5.41, 5.74) is 2.46. The van der Waals surface area contributed by atoms with Gasteiger partial charge in [0.1, 0.15) is 0 Å². The van der Waals surface area contributed by atoms with Gasteiger partial charge in [-0.15, -0.1) is 0 Å². The van der Waals surface area contributed by atoms with Crippen LogP contribution in [0.25, 0.3) is 0 Å². The first kappa shape index (κ1) is 16.2. The van der Waals surface area contributed by atoms with Crippen molar-refractivity contribution in [2.75, 3.05) is 18.0 Å². The maximum atomic E-state index is 12.9. The van der Waals surface area contributed by atoms with Crippen molar-refractivity contribution in [2.24, 2.45) is 0 Å².